The number of fused-ring (bicyclic) bond motifs is 2. The number of ether oxygens (including phenoxy) is 4. The van der Waals surface area contributed by atoms with Crippen molar-refractivity contribution in [1.82, 2.24) is 0 Å². The van der Waals surface area contributed by atoms with Crippen molar-refractivity contribution in [3.05, 3.63) is 12.2 Å². The summed E-state index contributed by atoms with van der Waals surface area (Å²) in [6.45, 7) is 3.38. The van der Waals surface area contributed by atoms with Crippen molar-refractivity contribution in [1.29, 1.82) is 0 Å². The predicted octanol–water partition coefficient (Wildman–Crippen LogP) is 0.615. The van der Waals surface area contributed by atoms with E-state index in [1.807, 2.05) is 0 Å². The minimum atomic E-state index is -1.42. The van der Waals surface area contributed by atoms with E-state index in [-0.39, 0.29) is 13.0 Å². The van der Waals surface area contributed by atoms with E-state index in [0.717, 1.165) is 0 Å². The highest BCUT2D eigenvalue weighted by Gasteiger charge is 2.60. The Balaban J connectivity index is 2.47. The number of ketones is 1. The van der Waals surface area contributed by atoms with Crippen LogP contribution in [0, 0.1) is 11.8 Å². The molecule has 4 atom stereocenters. The number of methoxy groups -OCH3 is 2. The SMILES string of the molecule is CCOC(=O)[C@H]1CC(C(=O)OC)C(=O)[C@]2(C)C=C[C@@]1(OC)O2. The van der Waals surface area contributed by atoms with Crippen LogP contribution in [0.3, 0.4) is 0 Å². The number of Topliss-reactive ketones (excluding diaryl/α,β-unsaturated/α-hetero) is 1. The molecule has 2 heterocycles. The Bertz CT molecular complexity index is 526. The van der Waals surface area contributed by atoms with Crippen molar-refractivity contribution in [2.24, 2.45) is 11.8 Å². The molecule has 0 aliphatic carbocycles. The third-order valence-corrected chi connectivity index (χ3v) is 4.14. The van der Waals surface area contributed by atoms with Gasteiger partial charge in [-0.2, -0.15) is 0 Å². The molecule has 0 aromatic heterocycles. The Hall–Kier alpha value is -1.73. The first-order valence-electron chi connectivity index (χ1n) is 7.08. The number of carbonyl (C=O) groups excluding carboxylic acids is 3. The fourth-order valence-electron chi connectivity index (χ4n) is 2.95. The van der Waals surface area contributed by atoms with Crippen LogP contribution in [-0.4, -0.2) is 49.9 Å². The molecule has 0 N–H and O–H groups in total. The molecule has 1 unspecified atom stereocenters. The van der Waals surface area contributed by atoms with Crippen LogP contribution in [0.4, 0.5) is 0 Å². The van der Waals surface area contributed by atoms with Crippen LogP contribution < -0.4 is 0 Å². The zero-order chi connectivity index (χ0) is 16.5. The predicted molar refractivity (Wildman–Crippen MR) is 73.6 cm³/mol. The van der Waals surface area contributed by atoms with Crippen molar-refractivity contribution in [3.8, 4) is 0 Å². The summed E-state index contributed by atoms with van der Waals surface area (Å²) in [6, 6.07) is 0. The van der Waals surface area contributed by atoms with Gasteiger partial charge in [-0.15, -0.1) is 0 Å². The molecule has 0 spiro atoms. The Labute approximate surface area is 128 Å². The second-order valence-electron chi connectivity index (χ2n) is 5.45. The summed E-state index contributed by atoms with van der Waals surface area (Å²) >= 11 is 0. The summed E-state index contributed by atoms with van der Waals surface area (Å²) in [7, 11) is 2.58. The Morgan fingerprint density at radius 3 is 2.55 bits per heavy atom. The summed E-state index contributed by atoms with van der Waals surface area (Å²) in [5.41, 5.74) is -1.34. The van der Waals surface area contributed by atoms with Crippen LogP contribution in [0.2, 0.25) is 0 Å². The van der Waals surface area contributed by atoms with Crippen LogP contribution in [0.5, 0.6) is 0 Å². The number of carbonyl (C=O) groups is 3. The lowest BCUT2D eigenvalue weighted by atomic mass is 9.81. The molecular weight excluding hydrogens is 292 g/mol. The highest BCUT2D eigenvalue weighted by Crippen LogP contribution is 2.45. The molecule has 2 aliphatic heterocycles. The molecule has 2 aliphatic rings. The van der Waals surface area contributed by atoms with Gasteiger partial charge in [-0.05, 0) is 32.4 Å². The van der Waals surface area contributed by atoms with Crippen LogP contribution in [-0.2, 0) is 33.3 Å². The van der Waals surface area contributed by atoms with Crippen molar-refractivity contribution >= 4 is 17.7 Å². The van der Waals surface area contributed by atoms with Gasteiger partial charge in [0.05, 0.1) is 13.7 Å². The second kappa shape index (κ2) is 5.81. The molecule has 0 aromatic carbocycles. The lowest BCUT2D eigenvalue weighted by Crippen LogP contribution is -2.46. The van der Waals surface area contributed by atoms with Gasteiger partial charge in [0.25, 0.3) is 0 Å². The first-order valence-corrected chi connectivity index (χ1v) is 7.08. The van der Waals surface area contributed by atoms with E-state index in [0.29, 0.717) is 0 Å². The van der Waals surface area contributed by atoms with E-state index in [4.69, 9.17) is 18.9 Å². The zero-order valence-electron chi connectivity index (χ0n) is 13.1. The van der Waals surface area contributed by atoms with Gasteiger partial charge in [-0.3, -0.25) is 14.4 Å². The molecule has 0 radical (unpaired) electrons. The van der Waals surface area contributed by atoms with Crippen molar-refractivity contribution < 1.29 is 33.3 Å². The van der Waals surface area contributed by atoms with Crippen molar-refractivity contribution in [3.63, 3.8) is 0 Å². The minimum absolute atomic E-state index is 0.0852. The highest BCUT2D eigenvalue weighted by molar-refractivity contribution is 6.05. The van der Waals surface area contributed by atoms with Gasteiger partial charge in [-0.25, -0.2) is 0 Å². The van der Waals surface area contributed by atoms with E-state index in [9.17, 15) is 14.4 Å². The average molecular weight is 312 g/mol. The van der Waals surface area contributed by atoms with Crippen LogP contribution in [0.25, 0.3) is 0 Å². The topological polar surface area (TPSA) is 88.1 Å². The molecule has 0 aromatic rings. The number of esters is 2. The Morgan fingerprint density at radius 1 is 1.32 bits per heavy atom. The molecular formula is C15H20O7. The van der Waals surface area contributed by atoms with Crippen molar-refractivity contribution in [2.75, 3.05) is 20.8 Å². The van der Waals surface area contributed by atoms with E-state index in [1.165, 1.54) is 27.2 Å². The zero-order valence-corrected chi connectivity index (χ0v) is 13.1. The van der Waals surface area contributed by atoms with Gasteiger partial charge in [-0.1, -0.05) is 0 Å². The lowest BCUT2D eigenvalue weighted by Gasteiger charge is -2.33. The fraction of sp³-hybridized carbons (Fsp3) is 0.667. The molecule has 1 saturated heterocycles. The Morgan fingerprint density at radius 2 is 2.00 bits per heavy atom. The smallest absolute Gasteiger partial charge is 0.316 e. The molecule has 2 rings (SSSR count). The monoisotopic (exact) mass is 312 g/mol. The van der Waals surface area contributed by atoms with Gasteiger partial charge in [0.1, 0.15) is 17.4 Å². The van der Waals surface area contributed by atoms with E-state index < -0.39 is 40.9 Å². The molecule has 22 heavy (non-hydrogen) atoms. The standard InChI is InChI=1S/C15H20O7/c1-5-21-13(18)10-8-9(12(17)19-3)11(16)14(2)6-7-15(10,20-4)22-14/h6-7,9-10H,5,8H2,1-4H3/t9?,10-,14+,15-/m1/s1. The maximum Gasteiger partial charge on any atom is 0.316 e. The molecule has 122 valence electrons. The van der Waals surface area contributed by atoms with Gasteiger partial charge in [0, 0.05) is 7.11 Å². The average Bonchev–Trinajstić information content (AvgIpc) is 2.82. The number of hydrogen-bond donors (Lipinski definition) is 0. The van der Waals surface area contributed by atoms with E-state index in [1.54, 1.807) is 13.0 Å². The lowest BCUT2D eigenvalue weighted by molar-refractivity contribution is -0.240. The summed E-state index contributed by atoms with van der Waals surface area (Å²) < 4.78 is 20.9. The summed E-state index contributed by atoms with van der Waals surface area (Å²) in [5, 5.41) is 0. The molecule has 0 amide bonds. The highest BCUT2D eigenvalue weighted by atomic mass is 16.7. The third-order valence-electron chi connectivity index (χ3n) is 4.14. The van der Waals surface area contributed by atoms with Gasteiger partial charge >= 0.3 is 11.9 Å². The fourth-order valence-corrected chi connectivity index (χ4v) is 2.95. The maximum atomic E-state index is 12.6. The molecule has 1 fully saturated rings. The quantitative estimate of drug-likeness (QED) is 0.427. The van der Waals surface area contributed by atoms with E-state index >= 15 is 0 Å². The van der Waals surface area contributed by atoms with Crippen LogP contribution in [0.1, 0.15) is 20.3 Å². The normalized spacial score (nSPS) is 36.8. The number of rotatable bonds is 4. The molecule has 7 heteroatoms. The molecule has 7 nitrogen and oxygen atoms in total. The third kappa shape index (κ3) is 2.44. The first kappa shape index (κ1) is 16.6. The molecule has 0 saturated carbocycles. The van der Waals surface area contributed by atoms with Crippen LogP contribution in [0.15, 0.2) is 12.2 Å². The van der Waals surface area contributed by atoms with E-state index in [2.05, 4.69) is 0 Å². The Kier molecular flexibility index (Phi) is 4.39. The molecule has 2 bridgehead atoms. The summed E-state index contributed by atoms with van der Waals surface area (Å²) in [4.78, 5) is 36.9. The van der Waals surface area contributed by atoms with Crippen LogP contribution >= 0.6 is 0 Å². The van der Waals surface area contributed by atoms with Gasteiger partial charge in [0.15, 0.2) is 5.78 Å². The first-order chi connectivity index (χ1) is 10.3. The largest absolute Gasteiger partial charge is 0.468 e. The second-order valence-corrected chi connectivity index (χ2v) is 5.45. The van der Waals surface area contributed by atoms with Crippen molar-refractivity contribution in [2.45, 2.75) is 31.7 Å². The minimum Gasteiger partial charge on any atom is -0.468 e. The summed E-state index contributed by atoms with van der Waals surface area (Å²) in [5.74, 6) is -5.20. The van der Waals surface area contributed by atoms with Gasteiger partial charge < -0.3 is 18.9 Å². The number of hydrogen-bond acceptors (Lipinski definition) is 7. The van der Waals surface area contributed by atoms with Gasteiger partial charge in [0.2, 0.25) is 5.79 Å². The maximum absolute atomic E-state index is 12.6. The summed E-state index contributed by atoms with van der Waals surface area (Å²) in [6.07, 6.45) is 2.97.